The summed E-state index contributed by atoms with van der Waals surface area (Å²) in [6, 6.07) is 6.56. The lowest BCUT2D eigenvalue weighted by Gasteiger charge is -2.14. The van der Waals surface area contributed by atoms with Gasteiger partial charge in [-0.1, -0.05) is 6.07 Å². The number of nitrogens with two attached hydrogens (primary N) is 1. The van der Waals surface area contributed by atoms with Gasteiger partial charge in [-0.05, 0) is 51.7 Å². The van der Waals surface area contributed by atoms with Gasteiger partial charge in [0.1, 0.15) is 0 Å². The summed E-state index contributed by atoms with van der Waals surface area (Å²) in [5.41, 5.74) is 2.89. The Hall–Kier alpha value is -0.200. The molecule has 0 saturated carbocycles. The van der Waals surface area contributed by atoms with E-state index in [4.69, 9.17) is 5.84 Å². The molecule has 2 rings (SSSR count). The van der Waals surface area contributed by atoms with Crippen molar-refractivity contribution in [2.75, 3.05) is 0 Å². The monoisotopic (exact) mass is 316 g/mol. The van der Waals surface area contributed by atoms with Crippen LogP contribution in [0.1, 0.15) is 22.2 Å². The van der Waals surface area contributed by atoms with Crippen molar-refractivity contribution in [2.24, 2.45) is 5.84 Å². The summed E-state index contributed by atoms with van der Waals surface area (Å²) in [6.07, 6.45) is 2.09. The number of thiophene rings is 2. The molecule has 1 atom stereocenters. The van der Waals surface area contributed by atoms with E-state index in [1.54, 1.807) is 22.7 Å². The fraction of sp³-hybridized carbons (Fsp3) is 0.273. The maximum Gasteiger partial charge on any atom is 0.0568 e. The largest absolute Gasteiger partial charge is 0.271 e. The van der Waals surface area contributed by atoms with Crippen molar-refractivity contribution in [3.05, 3.63) is 43.2 Å². The Kier molecular flexibility index (Phi) is 4.55. The van der Waals surface area contributed by atoms with Crippen LogP contribution in [0.3, 0.4) is 0 Å². The van der Waals surface area contributed by atoms with E-state index in [-0.39, 0.29) is 6.04 Å². The molecule has 0 fully saturated rings. The molecule has 86 valence electrons. The lowest BCUT2D eigenvalue weighted by atomic mass is 10.1. The van der Waals surface area contributed by atoms with E-state index < -0.39 is 0 Å². The highest BCUT2D eigenvalue weighted by Gasteiger charge is 2.14. The van der Waals surface area contributed by atoms with Crippen LogP contribution in [0.15, 0.2) is 33.4 Å². The number of halogens is 1. The first-order valence-electron chi connectivity index (χ1n) is 5.02. The van der Waals surface area contributed by atoms with Crippen molar-refractivity contribution in [1.82, 2.24) is 5.43 Å². The minimum atomic E-state index is 0.233. The number of aryl methyl sites for hydroxylation is 1. The molecule has 0 spiro atoms. The quantitative estimate of drug-likeness (QED) is 0.652. The predicted octanol–water partition coefficient (Wildman–Crippen LogP) is 3.71. The van der Waals surface area contributed by atoms with Gasteiger partial charge in [0.05, 0.1) is 6.04 Å². The summed E-state index contributed by atoms with van der Waals surface area (Å²) in [5.74, 6) is 5.61. The molecule has 2 nitrogen and oxygen atoms in total. The summed E-state index contributed by atoms with van der Waals surface area (Å²) in [5, 5.41) is 4.19. The van der Waals surface area contributed by atoms with Crippen molar-refractivity contribution in [1.29, 1.82) is 0 Å². The van der Waals surface area contributed by atoms with Gasteiger partial charge in [-0.15, -0.1) is 22.7 Å². The third kappa shape index (κ3) is 2.93. The summed E-state index contributed by atoms with van der Waals surface area (Å²) < 4.78 is 1.15. The molecule has 16 heavy (non-hydrogen) atoms. The van der Waals surface area contributed by atoms with E-state index in [1.165, 1.54) is 9.75 Å². The molecule has 5 heteroatoms. The van der Waals surface area contributed by atoms with Crippen LogP contribution in [0, 0.1) is 0 Å². The Labute approximate surface area is 112 Å². The molecule has 0 aliphatic heterocycles. The minimum absolute atomic E-state index is 0.233. The molecule has 1 unspecified atom stereocenters. The van der Waals surface area contributed by atoms with Crippen LogP contribution in [-0.4, -0.2) is 0 Å². The van der Waals surface area contributed by atoms with Gasteiger partial charge in [-0.2, -0.15) is 0 Å². The normalized spacial score (nSPS) is 12.9. The molecular formula is C11H13BrN2S2. The van der Waals surface area contributed by atoms with Crippen molar-refractivity contribution in [3.63, 3.8) is 0 Å². The lowest BCUT2D eigenvalue weighted by molar-refractivity contribution is 0.524. The van der Waals surface area contributed by atoms with Crippen LogP contribution >= 0.6 is 38.6 Å². The molecule has 3 N–H and O–H groups in total. The molecule has 0 saturated heterocycles. The molecule has 2 heterocycles. The Morgan fingerprint density at radius 2 is 2.19 bits per heavy atom. The van der Waals surface area contributed by atoms with Crippen molar-refractivity contribution < 1.29 is 0 Å². The van der Waals surface area contributed by atoms with Crippen LogP contribution in [0.4, 0.5) is 0 Å². The topological polar surface area (TPSA) is 38.0 Å². The minimum Gasteiger partial charge on any atom is -0.271 e. The maximum absolute atomic E-state index is 5.61. The number of hydrogen-bond donors (Lipinski definition) is 2. The molecule has 0 aliphatic rings. The zero-order valence-electron chi connectivity index (χ0n) is 8.65. The fourth-order valence-electron chi connectivity index (χ4n) is 1.59. The number of hydrazine groups is 1. The van der Waals surface area contributed by atoms with E-state index >= 15 is 0 Å². The van der Waals surface area contributed by atoms with E-state index in [2.05, 4.69) is 50.3 Å². The average Bonchev–Trinajstić information content (AvgIpc) is 2.92. The fourth-order valence-corrected chi connectivity index (χ4v) is 4.06. The lowest BCUT2D eigenvalue weighted by Crippen LogP contribution is -2.27. The highest BCUT2D eigenvalue weighted by Crippen LogP contribution is 2.31. The van der Waals surface area contributed by atoms with Crippen molar-refractivity contribution in [3.8, 4) is 0 Å². The maximum atomic E-state index is 5.61. The SMILES string of the molecule is NNC(CCc1cccs1)c1sccc1Br. The van der Waals surface area contributed by atoms with Gasteiger partial charge in [-0.25, -0.2) is 0 Å². The Bertz CT molecular complexity index is 425. The van der Waals surface area contributed by atoms with Crippen LogP contribution in [0.5, 0.6) is 0 Å². The summed E-state index contributed by atoms with van der Waals surface area (Å²) in [7, 11) is 0. The van der Waals surface area contributed by atoms with Gasteiger partial charge in [0.2, 0.25) is 0 Å². The Morgan fingerprint density at radius 3 is 2.75 bits per heavy atom. The van der Waals surface area contributed by atoms with E-state index in [1.807, 2.05) is 0 Å². The van der Waals surface area contributed by atoms with Gasteiger partial charge < -0.3 is 0 Å². The van der Waals surface area contributed by atoms with Crippen LogP contribution < -0.4 is 11.3 Å². The second-order valence-electron chi connectivity index (χ2n) is 3.47. The van der Waals surface area contributed by atoms with E-state index in [0.717, 1.165) is 17.3 Å². The number of hydrogen-bond acceptors (Lipinski definition) is 4. The number of nitrogens with one attached hydrogen (secondary N) is 1. The predicted molar refractivity (Wildman–Crippen MR) is 74.7 cm³/mol. The van der Waals surface area contributed by atoms with Gasteiger partial charge in [-0.3, -0.25) is 11.3 Å². The zero-order chi connectivity index (χ0) is 11.4. The molecule has 2 aromatic rings. The van der Waals surface area contributed by atoms with Gasteiger partial charge in [0.25, 0.3) is 0 Å². The second-order valence-corrected chi connectivity index (χ2v) is 6.30. The number of rotatable bonds is 5. The molecule has 0 radical (unpaired) electrons. The Balaban J connectivity index is 1.99. The average molecular weight is 317 g/mol. The molecule has 2 aromatic heterocycles. The molecule has 0 aromatic carbocycles. The summed E-state index contributed by atoms with van der Waals surface area (Å²) in [6.45, 7) is 0. The standard InChI is InChI=1S/C11H13BrN2S2/c12-9-5-7-16-11(9)10(14-13)4-3-8-2-1-6-15-8/h1-2,5-7,10,14H,3-4,13H2. The van der Waals surface area contributed by atoms with Gasteiger partial charge in [0, 0.05) is 14.2 Å². The highest BCUT2D eigenvalue weighted by molar-refractivity contribution is 9.10. The smallest absolute Gasteiger partial charge is 0.0568 e. The molecule has 0 aliphatic carbocycles. The third-order valence-electron chi connectivity index (χ3n) is 2.42. The molecule has 0 bridgehead atoms. The Morgan fingerprint density at radius 1 is 1.31 bits per heavy atom. The van der Waals surface area contributed by atoms with Crippen LogP contribution in [-0.2, 0) is 6.42 Å². The summed E-state index contributed by atoms with van der Waals surface area (Å²) >= 11 is 7.08. The summed E-state index contributed by atoms with van der Waals surface area (Å²) in [4.78, 5) is 2.69. The molecule has 0 amide bonds. The van der Waals surface area contributed by atoms with Crippen LogP contribution in [0.2, 0.25) is 0 Å². The first-order valence-corrected chi connectivity index (χ1v) is 7.58. The first kappa shape index (κ1) is 12.3. The van der Waals surface area contributed by atoms with Gasteiger partial charge >= 0.3 is 0 Å². The third-order valence-corrected chi connectivity index (χ3v) is 5.34. The van der Waals surface area contributed by atoms with Crippen molar-refractivity contribution in [2.45, 2.75) is 18.9 Å². The zero-order valence-corrected chi connectivity index (χ0v) is 11.9. The highest BCUT2D eigenvalue weighted by atomic mass is 79.9. The van der Waals surface area contributed by atoms with Crippen LogP contribution in [0.25, 0.3) is 0 Å². The second kappa shape index (κ2) is 5.93. The van der Waals surface area contributed by atoms with E-state index in [9.17, 15) is 0 Å². The first-order chi connectivity index (χ1) is 7.81. The van der Waals surface area contributed by atoms with E-state index in [0.29, 0.717) is 0 Å². The molecular weight excluding hydrogens is 304 g/mol. The van der Waals surface area contributed by atoms with Gasteiger partial charge in [0.15, 0.2) is 0 Å². The van der Waals surface area contributed by atoms with Crippen molar-refractivity contribution >= 4 is 38.6 Å².